The maximum Gasteiger partial charge on any atom is 0.307 e. The van der Waals surface area contributed by atoms with Crippen LogP contribution in [0.1, 0.15) is 38.2 Å². The normalized spacial score (nSPS) is 13.9. The summed E-state index contributed by atoms with van der Waals surface area (Å²) in [7, 11) is 0. The SMILES string of the molecule is CCC(CCCc1ccc(Cl)c(Cl)c1)CC(CN)C(=O)O. The third kappa shape index (κ3) is 6.25. The van der Waals surface area contributed by atoms with Gasteiger partial charge in [-0.3, -0.25) is 4.79 Å². The van der Waals surface area contributed by atoms with Crippen LogP contribution in [0, 0.1) is 11.8 Å². The Balaban J connectivity index is 2.44. The van der Waals surface area contributed by atoms with E-state index in [1.165, 1.54) is 0 Å². The first-order valence-corrected chi connectivity index (χ1v) is 8.10. The molecule has 21 heavy (non-hydrogen) atoms. The first kappa shape index (κ1) is 18.3. The Morgan fingerprint density at radius 3 is 2.57 bits per heavy atom. The minimum Gasteiger partial charge on any atom is -0.481 e. The maximum atomic E-state index is 11.0. The van der Waals surface area contributed by atoms with Crippen molar-refractivity contribution < 1.29 is 9.90 Å². The molecule has 1 rings (SSSR count). The number of benzene rings is 1. The summed E-state index contributed by atoms with van der Waals surface area (Å²) in [5.41, 5.74) is 6.68. The van der Waals surface area contributed by atoms with Crippen LogP contribution in [0.2, 0.25) is 10.0 Å². The van der Waals surface area contributed by atoms with Crippen LogP contribution < -0.4 is 5.73 Å². The second-order valence-electron chi connectivity index (χ2n) is 5.42. The molecular weight excluding hydrogens is 309 g/mol. The zero-order valence-corrected chi connectivity index (χ0v) is 13.8. The molecule has 2 unspecified atom stereocenters. The molecule has 0 aromatic heterocycles. The van der Waals surface area contributed by atoms with Crippen molar-refractivity contribution >= 4 is 29.2 Å². The molecule has 0 saturated carbocycles. The number of aryl methyl sites for hydroxylation is 1. The van der Waals surface area contributed by atoms with Crippen LogP contribution in [0.15, 0.2) is 18.2 Å². The molecule has 5 heteroatoms. The average Bonchev–Trinajstić information content (AvgIpc) is 2.46. The van der Waals surface area contributed by atoms with Gasteiger partial charge in [-0.05, 0) is 42.9 Å². The van der Waals surface area contributed by atoms with Crippen molar-refractivity contribution in [3.8, 4) is 0 Å². The maximum absolute atomic E-state index is 11.0. The van der Waals surface area contributed by atoms with Gasteiger partial charge in [0.15, 0.2) is 0 Å². The largest absolute Gasteiger partial charge is 0.481 e. The quantitative estimate of drug-likeness (QED) is 0.705. The van der Waals surface area contributed by atoms with Gasteiger partial charge >= 0.3 is 5.97 Å². The van der Waals surface area contributed by atoms with Crippen LogP contribution in [0.25, 0.3) is 0 Å². The van der Waals surface area contributed by atoms with E-state index in [9.17, 15) is 4.79 Å². The highest BCUT2D eigenvalue weighted by Crippen LogP contribution is 2.25. The summed E-state index contributed by atoms with van der Waals surface area (Å²) in [5.74, 6) is -0.821. The van der Waals surface area contributed by atoms with Gasteiger partial charge in [0.1, 0.15) is 0 Å². The number of nitrogens with two attached hydrogens (primary N) is 1. The number of hydrogen-bond acceptors (Lipinski definition) is 2. The summed E-state index contributed by atoms with van der Waals surface area (Å²) >= 11 is 11.9. The third-order valence-corrected chi connectivity index (χ3v) is 4.63. The van der Waals surface area contributed by atoms with E-state index in [0.29, 0.717) is 22.4 Å². The zero-order valence-electron chi connectivity index (χ0n) is 12.3. The highest BCUT2D eigenvalue weighted by atomic mass is 35.5. The molecule has 1 aromatic carbocycles. The Morgan fingerprint density at radius 1 is 1.33 bits per heavy atom. The van der Waals surface area contributed by atoms with Crippen molar-refractivity contribution in [2.24, 2.45) is 17.6 Å². The molecule has 1 aromatic rings. The summed E-state index contributed by atoms with van der Waals surface area (Å²) < 4.78 is 0. The molecule has 0 radical (unpaired) electrons. The van der Waals surface area contributed by atoms with Crippen LogP contribution in [-0.4, -0.2) is 17.6 Å². The summed E-state index contributed by atoms with van der Waals surface area (Å²) in [6.07, 6.45) is 4.57. The first-order chi connectivity index (χ1) is 9.97. The van der Waals surface area contributed by atoms with Gasteiger partial charge in [-0.1, -0.05) is 49.0 Å². The monoisotopic (exact) mass is 331 g/mol. The van der Waals surface area contributed by atoms with Crippen molar-refractivity contribution in [2.45, 2.75) is 39.0 Å². The minimum atomic E-state index is -0.791. The molecule has 0 aliphatic carbocycles. The van der Waals surface area contributed by atoms with E-state index in [-0.39, 0.29) is 6.54 Å². The zero-order chi connectivity index (χ0) is 15.8. The number of aliphatic carboxylic acids is 1. The smallest absolute Gasteiger partial charge is 0.307 e. The fourth-order valence-electron chi connectivity index (χ4n) is 2.48. The number of carboxylic acids is 1. The number of carbonyl (C=O) groups is 1. The van der Waals surface area contributed by atoms with E-state index >= 15 is 0 Å². The van der Waals surface area contributed by atoms with Crippen molar-refractivity contribution in [3.63, 3.8) is 0 Å². The van der Waals surface area contributed by atoms with Crippen molar-refractivity contribution in [1.82, 2.24) is 0 Å². The van der Waals surface area contributed by atoms with Gasteiger partial charge < -0.3 is 10.8 Å². The van der Waals surface area contributed by atoms with Crippen LogP contribution >= 0.6 is 23.2 Å². The lowest BCUT2D eigenvalue weighted by atomic mass is 9.88. The fourth-order valence-corrected chi connectivity index (χ4v) is 2.80. The summed E-state index contributed by atoms with van der Waals surface area (Å²) in [6, 6.07) is 5.69. The highest BCUT2D eigenvalue weighted by molar-refractivity contribution is 6.42. The van der Waals surface area contributed by atoms with Crippen LogP contribution in [0.3, 0.4) is 0 Å². The Labute approximate surface area is 136 Å². The van der Waals surface area contributed by atoms with E-state index in [1.807, 2.05) is 18.2 Å². The van der Waals surface area contributed by atoms with Gasteiger partial charge in [-0.15, -0.1) is 0 Å². The molecule has 0 spiro atoms. The van der Waals surface area contributed by atoms with Gasteiger partial charge in [0.25, 0.3) is 0 Å². The molecular formula is C16H23Cl2NO2. The van der Waals surface area contributed by atoms with Crippen molar-refractivity contribution in [3.05, 3.63) is 33.8 Å². The molecule has 0 amide bonds. The summed E-state index contributed by atoms with van der Waals surface area (Å²) in [6.45, 7) is 2.30. The Kier molecular flexibility index (Phi) is 8.09. The van der Waals surface area contributed by atoms with Gasteiger partial charge in [0.2, 0.25) is 0 Å². The molecule has 2 atom stereocenters. The second kappa shape index (κ2) is 9.29. The Morgan fingerprint density at radius 2 is 2.05 bits per heavy atom. The van der Waals surface area contributed by atoms with E-state index in [0.717, 1.165) is 31.2 Å². The highest BCUT2D eigenvalue weighted by Gasteiger charge is 2.20. The van der Waals surface area contributed by atoms with E-state index in [1.54, 1.807) is 0 Å². The molecule has 0 aliphatic heterocycles. The van der Waals surface area contributed by atoms with Crippen molar-refractivity contribution in [2.75, 3.05) is 6.54 Å². The summed E-state index contributed by atoms with van der Waals surface area (Å²) in [5, 5.41) is 10.2. The lowest BCUT2D eigenvalue weighted by molar-refractivity contribution is -0.142. The fraction of sp³-hybridized carbons (Fsp3) is 0.562. The van der Waals surface area contributed by atoms with E-state index in [4.69, 9.17) is 34.0 Å². The topological polar surface area (TPSA) is 63.3 Å². The van der Waals surface area contributed by atoms with E-state index < -0.39 is 11.9 Å². The lowest BCUT2D eigenvalue weighted by Crippen LogP contribution is -2.25. The Bertz CT molecular complexity index is 466. The number of halogens is 2. The van der Waals surface area contributed by atoms with Crippen LogP contribution in [-0.2, 0) is 11.2 Å². The molecule has 0 heterocycles. The van der Waals surface area contributed by atoms with Gasteiger partial charge in [-0.2, -0.15) is 0 Å². The molecule has 0 saturated heterocycles. The average molecular weight is 332 g/mol. The van der Waals surface area contributed by atoms with Gasteiger partial charge in [0, 0.05) is 6.54 Å². The molecule has 0 bridgehead atoms. The molecule has 0 aliphatic rings. The molecule has 118 valence electrons. The number of rotatable bonds is 9. The van der Waals surface area contributed by atoms with Crippen LogP contribution in [0.5, 0.6) is 0 Å². The standard InChI is InChI=1S/C16H23Cl2NO2/c1-2-11(8-13(10-19)16(20)21)4-3-5-12-6-7-14(17)15(18)9-12/h6-7,9,11,13H,2-5,8,10,19H2,1H3,(H,20,21). The second-order valence-corrected chi connectivity index (χ2v) is 6.24. The minimum absolute atomic E-state index is 0.207. The third-order valence-electron chi connectivity index (χ3n) is 3.89. The lowest BCUT2D eigenvalue weighted by Gasteiger charge is -2.18. The summed E-state index contributed by atoms with van der Waals surface area (Å²) in [4.78, 5) is 11.0. The number of hydrogen-bond donors (Lipinski definition) is 2. The van der Waals surface area contributed by atoms with E-state index in [2.05, 4.69) is 6.92 Å². The Hall–Kier alpha value is -0.770. The number of carboxylic acid groups (broad SMARTS) is 1. The van der Waals surface area contributed by atoms with Gasteiger partial charge in [-0.25, -0.2) is 0 Å². The van der Waals surface area contributed by atoms with Crippen molar-refractivity contribution in [1.29, 1.82) is 0 Å². The van der Waals surface area contributed by atoms with Gasteiger partial charge in [0.05, 0.1) is 16.0 Å². The predicted molar refractivity (Wildman–Crippen MR) is 88.0 cm³/mol. The predicted octanol–water partition coefficient (Wildman–Crippen LogP) is 4.39. The molecule has 0 fully saturated rings. The first-order valence-electron chi connectivity index (χ1n) is 7.34. The molecule has 3 nitrogen and oxygen atoms in total. The van der Waals surface area contributed by atoms with Crippen LogP contribution in [0.4, 0.5) is 0 Å². The molecule has 3 N–H and O–H groups in total.